The third kappa shape index (κ3) is 3.49. The number of aliphatic hydroxyl groups is 1. The standard InChI is InChI=1S/C20H23N3O2/c1-13(24)6-11-18(25)20-14(2)19(22-23(20)17-4-3-5-17)16-9-7-15(12-21)8-10-16/h7-10,13,17,24H,3-6,11H2,1-2H3/t13-/m0/s1. The Hall–Kier alpha value is -2.45. The molecule has 25 heavy (non-hydrogen) atoms. The zero-order valence-electron chi connectivity index (χ0n) is 14.7. The van der Waals surface area contributed by atoms with Gasteiger partial charge in [0.25, 0.3) is 0 Å². The Bertz CT molecular complexity index is 809. The molecule has 1 fully saturated rings. The van der Waals surface area contributed by atoms with Crippen molar-refractivity contribution >= 4 is 5.78 Å². The highest BCUT2D eigenvalue weighted by molar-refractivity contribution is 5.97. The Morgan fingerprint density at radius 2 is 2.08 bits per heavy atom. The number of aliphatic hydroxyl groups excluding tert-OH is 1. The van der Waals surface area contributed by atoms with Crippen LogP contribution in [-0.2, 0) is 0 Å². The van der Waals surface area contributed by atoms with Gasteiger partial charge < -0.3 is 5.11 Å². The van der Waals surface area contributed by atoms with Gasteiger partial charge in [0.2, 0.25) is 0 Å². The molecule has 0 unspecified atom stereocenters. The molecule has 0 saturated heterocycles. The van der Waals surface area contributed by atoms with E-state index in [2.05, 4.69) is 6.07 Å². The predicted molar refractivity (Wildman–Crippen MR) is 95.2 cm³/mol. The molecule has 130 valence electrons. The number of nitrogens with zero attached hydrogens (tertiary/aromatic N) is 3. The van der Waals surface area contributed by atoms with Crippen LogP contribution in [0.25, 0.3) is 11.3 Å². The highest BCUT2D eigenvalue weighted by atomic mass is 16.3. The van der Waals surface area contributed by atoms with Gasteiger partial charge in [0.15, 0.2) is 5.78 Å². The fraction of sp³-hybridized carbons (Fsp3) is 0.450. The van der Waals surface area contributed by atoms with Gasteiger partial charge in [-0.2, -0.15) is 10.4 Å². The lowest BCUT2D eigenvalue weighted by Gasteiger charge is -2.27. The number of Topliss-reactive ketones (excluding diaryl/α,β-unsaturated/α-hetero) is 1. The quantitative estimate of drug-likeness (QED) is 0.813. The second kappa shape index (κ2) is 7.20. The lowest BCUT2D eigenvalue weighted by atomic mass is 9.92. The molecule has 1 saturated carbocycles. The number of nitriles is 1. The zero-order chi connectivity index (χ0) is 18.0. The first-order chi connectivity index (χ1) is 12.0. The fourth-order valence-electron chi connectivity index (χ4n) is 3.18. The minimum absolute atomic E-state index is 0.0395. The average Bonchev–Trinajstić information content (AvgIpc) is 2.88. The van der Waals surface area contributed by atoms with Crippen LogP contribution in [0.3, 0.4) is 0 Å². The summed E-state index contributed by atoms with van der Waals surface area (Å²) in [6, 6.07) is 9.70. The zero-order valence-corrected chi connectivity index (χ0v) is 14.7. The summed E-state index contributed by atoms with van der Waals surface area (Å²) < 4.78 is 1.90. The minimum Gasteiger partial charge on any atom is -0.393 e. The van der Waals surface area contributed by atoms with Gasteiger partial charge in [0.1, 0.15) is 5.69 Å². The van der Waals surface area contributed by atoms with Gasteiger partial charge in [-0.3, -0.25) is 9.48 Å². The van der Waals surface area contributed by atoms with E-state index in [-0.39, 0.29) is 11.8 Å². The number of carbonyl (C=O) groups excluding carboxylic acids is 1. The molecule has 1 N–H and O–H groups in total. The summed E-state index contributed by atoms with van der Waals surface area (Å²) in [7, 11) is 0. The molecule has 1 heterocycles. The summed E-state index contributed by atoms with van der Waals surface area (Å²) in [5, 5.41) is 23.2. The van der Waals surface area contributed by atoms with E-state index < -0.39 is 6.10 Å². The summed E-state index contributed by atoms with van der Waals surface area (Å²) in [5.74, 6) is 0.0395. The van der Waals surface area contributed by atoms with Gasteiger partial charge in [0.05, 0.1) is 29.5 Å². The first kappa shape index (κ1) is 17.4. The van der Waals surface area contributed by atoms with Gasteiger partial charge in [-0.1, -0.05) is 12.1 Å². The molecular formula is C20H23N3O2. The molecule has 1 aliphatic carbocycles. The van der Waals surface area contributed by atoms with Crippen molar-refractivity contribution < 1.29 is 9.90 Å². The summed E-state index contributed by atoms with van der Waals surface area (Å²) in [6.45, 7) is 3.64. The molecule has 1 aromatic carbocycles. The maximum Gasteiger partial charge on any atom is 0.181 e. The Morgan fingerprint density at radius 3 is 2.60 bits per heavy atom. The van der Waals surface area contributed by atoms with Gasteiger partial charge in [-0.05, 0) is 51.7 Å². The van der Waals surface area contributed by atoms with E-state index in [0.717, 1.165) is 36.1 Å². The molecule has 1 aliphatic rings. The van der Waals surface area contributed by atoms with Crippen LogP contribution in [-0.4, -0.2) is 26.8 Å². The predicted octanol–water partition coefficient (Wildman–Crippen LogP) is 3.80. The Kier molecular flexibility index (Phi) is 5.00. The maximum absolute atomic E-state index is 12.8. The fourth-order valence-corrected chi connectivity index (χ4v) is 3.18. The van der Waals surface area contributed by atoms with E-state index in [0.29, 0.717) is 24.1 Å². The Labute approximate surface area is 147 Å². The topological polar surface area (TPSA) is 78.9 Å². The largest absolute Gasteiger partial charge is 0.393 e. The second-order valence-electron chi connectivity index (χ2n) is 6.85. The van der Waals surface area contributed by atoms with Gasteiger partial charge >= 0.3 is 0 Å². The van der Waals surface area contributed by atoms with Crippen LogP contribution in [0, 0.1) is 18.3 Å². The lowest BCUT2D eigenvalue weighted by molar-refractivity contribution is 0.0931. The molecule has 2 aromatic rings. The number of benzene rings is 1. The molecule has 0 aliphatic heterocycles. The van der Waals surface area contributed by atoms with Crippen molar-refractivity contribution in [1.29, 1.82) is 5.26 Å². The van der Waals surface area contributed by atoms with Crippen LogP contribution in [0.2, 0.25) is 0 Å². The van der Waals surface area contributed by atoms with Crippen LogP contribution in [0.15, 0.2) is 24.3 Å². The van der Waals surface area contributed by atoms with Gasteiger partial charge in [-0.25, -0.2) is 0 Å². The normalized spacial score (nSPS) is 15.4. The second-order valence-corrected chi connectivity index (χ2v) is 6.85. The monoisotopic (exact) mass is 337 g/mol. The van der Waals surface area contributed by atoms with Gasteiger partial charge in [-0.15, -0.1) is 0 Å². The number of ketones is 1. The highest BCUT2D eigenvalue weighted by Gasteiger charge is 2.29. The van der Waals surface area contributed by atoms with Crippen LogP contribution in [0.5, 0.6) is 0 Å². The third-order valence-corrected chi connectivity index (χ3v) is 4.91. The molecule has 0 amide bonds. The van der Waals surface area contributed by atoms with E-state index >= 15 is 0 Å². The van der Waals surface area contributed by atoms with Crippen molar-refractivity contribution in [2.45, 2.75) is 58.1 Å². The molecular weight excluding hydrogens is 314 g/mol. The molecule has 3 rings (SSSR count). The first-order valence-corrected chi connectivity index (χ1v) is 8.82. The smallest absolute Gasteiger partial charge is 0.181 e. The summed E-state index contributed by atoms with van der Waals surface area (Å²) in [5.41, 5.74) is 3.88. The average molecular weight is 337 g/mol. The maximum atomic E-state index is 12.8. The minimum atomic E-state index is -0.484. The number of hydrogen-bond acceptors (Lipinski definition) is 4. The van der Waals surface area contributed by atoms with Crippen LogP contribution >= 0.6 is 0 Å². The number of carbonyl (C=O) groups is 1. The summed E-state index contributed by atoms with van der Waals surface area (Å²) in [6.07, 6.45) is 3.55. The first-order valence-electron chi connectivity index (χ1n) is 8.82. The summed E-state index contributed by atoms with van der Waals surface area (Å²) >= 11 is 0. The molecule has 0 bridgehead atoms. The van der Waals surface area contributed by atoms with E-state index in [1.54, 1.807) is 19.1 Å². The molecule has 0 spiro atoms. The van der Waals surface area contributed by atoms with Crippen molar-refractivity contribution in [3.05, 3.63) is 41.1 Å². The lowest BCUT2D eigenvalue weighted by Crippen LogP contribution is -2.23. The van der Waals surface area contributed by atoms with Gasteiger partial charge in [0, 0.05) is 17.5 Å². The van der Waals surface area contributed by atoms with E-state index in [1.807, 2.05) is 23.7 Å². The molecule has 1 atom stereocenters. The van der Waals surface area contributed by atoms with E-state index in [9.17, 15) is 9.90 Å². The van der Waals surface area contributed by atoms with E-state index in [1.165, 1.54) is 0 Å². The SMILES string of the molecule is Cc1c(-c2ccc(C#N)cc2)nn(C2CCC2)c1C(=O)CC[C@H](C)O. The number of hydrogen-bond donors (Lipinski definition) is 1. The van der Waals surface area contributed by atoms with Crippen LogP contribution < -0.4 is 0 Å². The summed E-state index contributed by atoms with van der Waals surface area (Å²) in [4.78, 5) is 12.8. The van der Waals surface area contributed by atoms with Crippen LogP contribution in [0.1, 0.15) is 66.7 Å². The number of rotatable bonds is 6. The Morgan fingerprint density at radius 1 is 1.40 bits per heavy atom. The van der Waals surface area contributed by atoms with E-state index in [4.69, 9.17) is 10.4 Å². The Balaban J connectivity index is 1.99. The molecule has 0 radical (unpaired) electrons. The van der Waals surface area contributed by atoms with Crippen molar-refractivity contribution in [2.24, 2.45) is 0 Å². The number of aromatic nitrogens is 2. The molecule has 1 aromatic heterocycles. The van der Waals surface area contributed by atoms with Crippen molar-refractivity contribution in [1.82, 2.24) is 9.78 Å². The van der Waals surface area contributed by atoms with Crippen molar-refractivity contribution in [3.63, 3.8) is 0 Å². The van der Waals surface area contributed by atoms with Crippen molar-refractivity contribution in [2.75, 3.05) is 0 Å². The van der Waals surface area contributed by atoms with Crippen LogP contribution in [0.4, 0.5) is 0 Å². The molecule has 5 heteroatoms. The third-order valence-electron chi connectivity index (χ3n) is 4.91. The highest BCUT2D eigenvalue weighted by Crippen LogP contribution is 2.36. The molecule has 5 nitrogen and oxygen atoms in total. The van der Waals surface area contributed by atoms with Crippen molar-refractivity contribution in [3.8, 4) is 17.3 Å².